The average Bonchev–Trinajstić information content (AvgIpc) is 2.59. The Morgan fingerprint density at radius 1 is 1.12 bits per heavy atom. The van der Waals surface area contributed by atoms with Crippen LogP contribution in [-0.4, -0.2) is 31.3 Å². The summed E-state index contributed by atoms with van der Waals surface area (Å²) >= 11 is 7.48. The number of rotatable bonds is 7. The van der Waals surface area contributed by atoms with Crippen LogP contribution in [0.4, 0.5) is 5.69 Å². The highest BCUT2D eigenvalue weighted by Gasteiger charge is 2.12. The number of ether oxygens (including phenoxy) is 2. The predicted molar refractivity (Wildman–Crippen MR) is 104 cm³/mol. The largest absolute Gasteiger partial charge is 0.481 e. The van der Waals surface area contributed by atoms with Crippen molar-refractivity contribution < 1.29 is 19.1 Å². The molecular weight excluding hydrogens is 374 g/mol. The number of nitrogens with one attached hydrogen (secondary N) is 1. The number of para-hydroxylation sites is 1. The first-order valence-electron chi connectivity index (χ1n) is 7.88. The molecule has 0 aliphatic rings. The molecule has 1 N–H and O–H groups in total. The van der Waals surface area contributed by atoms with Crippen LogP contribution in [0.15, 0.2) is 41.3 Å². The van der Waals surface area contributed by atoms with Crippen LogP contribution in [0, 0.1) is 13.8 Å². The molecule has 1 amide bonds. The van der Waals surface area contributed by atoms with Gasteiger partial charge in [0.2, 0.25) is 0 Å². The van der Waals surface area contributed by atoms with Gasteiger partial charge >= 0.3 is 5.97 Å². The zero-order valence-corrected chi connectivity index (χ0v) is 16.4. The van der Waals surface area contributed by atoms with Gasteiger partial charge in [0.05, 0.1) is 5.69 Å². The number of anilines is 1. The quantitative estimate of drug-likeness (QED) is 0.563. The lowest BCUT2D eigenvalue weighted by Crippen LogP contribution is -2.24. The summed E-state index contributed by atoms with van der Waals surface area (Å²) in [5, 5.41) is 3.33. The van der Waals surface area contributed by atoms with Gasteiger partial charge in [0.1, 0.15) is 5.75 Å². The van der Waals surface area contributed by atoms with E-state index in [9.17, 15) is 9.59 Å². The molecule has 0 aromatic heterocycles. The summed E-state index contributed by atoms with van der Waals surface area (Å²) < 4.78 is 10.5. The SMILES string of the molecule is CSc1ccccc1NC(=O)COC(=O)COc1c(C)cc(Cl)cc1C. The Labute approximate surface area is 162 Å². The van der Waals surface area contributed by atoms with E-state index in [2.05, 4.69) is 5.32 Å². The molecule has 0 saturated heterocycles. The second-order valence-corrected chi connectivity index (χ2v) is 6.85. The maximum absolute atomic E-state index is 12.0. The normalized spacial score (nSPS) is 10.3. The number of halogens is 1. The molecule has 2 aromatic carbocycles. The van der Waals surface area contributed by atoms with Gasteiger partial charge in [-0.25, -0.2) is 4.79 Å². The highest BCUT2D eigenvalue weighted by molar-refractivity contribution is 7.98. The molecule has 2 aromatic rings. The van der Waals surface area contributed by atoms with E-state index in [1.54, 1.807) is 18.2 Å². The molecule has 5 nitrogen and oxygen atoms in total. The molecule has 0 saturated carbocycles. The van der Waals surface area contributed by atoms with Crippen LogP contribution in [0.3, 0.4) is 0 Å². The summed E-state index contributed by atoms with van der Waals surface area (Å²) in [6.45, 7) is 3.04. The number of aryl methyl sites for hydroxylation is 2. The van der Waals surface area contributed by atoms with Crippen molar-refractivity contribution in [3.63, 3.8) is 0 Å². The Bertz CT molecular complexity index is 787. The van der Waals surface area contributed by atoms with Gasteiger partial charge < -0.3 is 14.8 Å². The van der Waals surface area contributed by atoms with Crippen LogP contribution in [0.1, 0.15) is 11.1 Å². The summed E-state index contributed by atoms with van der Waals surface area (Å²) in [4.78, 5) is 24.7. The van der Waals surface area contributed by atoms with Gasteiger partial charge in [0, 0.05) is 9.92 Å². The van der Waals surface area contributed by atoms with E-state index in [-0.39, 0.29) is 13.2 Å². The van der Waals surface area contributed by atoms with Gasteiger partial charge in [-0.1, -0.05) is 23.7 Å². The summed E-state index contributed by atoms with van der Waals surface area (Å²) in [5.41, 5.74) is 2.34. The third kappa shape index (κ3) is 5.68. The highest BCUT2D eigenvalue weighted by Crippen LogP contribution is 2.27. The number of hydrogen-bond acceptors (Lipinski definition) is 5. The molecule has 7 heteroatoms. The highest BCUT2D eigenvalue weighted by atomic mass is 35.5. The van der Waals surface area contributed by atoms with Gasteiger partial charge in [-0.15, -0.1) is 11.8 Å². The number of carbonyl (C=O) groups excluding carboxylic acids is 2. The third-order valence-corrected chi connectivity index (χ3v) is 4.52. The summed E-state index contributed by atoms with van der Waals surface area (Å²) in [6, 6.07) is 10.9. The molecule has 2 rings (SSSR count). The van der Waals surface area contributed by atoms with Crippen molar-refractivity contribution in [2.75, 3.05) is 24.8 Å². The van der Waals surface area contributed by atoms with Crippen molar-refractivity contribution in [3.05, 3.63) is 52.5 Å². The van der Waals surface area contributed by atoms with Crippen molar-refractivity contribution in [3.8, 4) is 5.75 Å². The molecular formula is C19H20ClNO4S. The van der Waals surface area contributed by atoms with Crippen LogP contribution >= 0.6 is 23.4 Å². The van der Waals surface area contributed by atoms with Gasteiger partial charge in [-0.2, -0.15) is 0 Å². The number of thioether (sulfide) groups is 1. The number of esters is 1. The van der Waals surface area contributed by atoms with Crippen LogP contribution in [0.5, 0.6) is 5.75 Å². The van der Waals surface area contributed by atoms with Crippen LogP contribution in [0.25, 0.3) is 0 Å². The predicted octanol–water partition coefficient (Wildman–Crippen LogP) is 4.24. The van der Waals surface area contributed by atoms with E-state index in [4.69, 9.17) is 21.1 Å². The van der Waals surface area contributed by atoms with Gasteiger partial charge in [-0.3, -0.25) is 4.79 Å². The minimum atomic E-state index is -0.618. The smallest absolute Gasteiger partial charge is 0.344 e. The van der Waals surface area contributed by atoms with Gasteiger partial charge in [0.25, 0.3) is 5.91 Å². The zero-order valence-electron chi connectivity index (χ0n) is 14.8. The molecule has 0 aliphatic carbocycles. The van der Waals surface area contributed by atoms with Crippen molar-refractivity contribution in [2.45, 2.75) is 18.7 Å². The molecule has 0 fully saturated rings. The fraction of sp³-hybridized carbons (Fsp3) is 0.263. The molecule has 0 radical (unpaired) electrons. The molecule has 0 atom stereocenters. The van der Waals surface area contributed by atoms with Crippen LogP contribution in [0.2, 0.25) is 5.02 Å². The first-order chi connectivity index (χ1) is 12.4. The lowest BCUT2D eigenvalue weighted by Gasteiger charge is -2.12. The first kappa shape index (κ1) is 20.1. The maximum atomic E-state index is 12.0. The minimum absolute atomic E-state index is 0.280. The lowest BCUT2D eigenvalue weighted by atomic mass is 10.1. The van der Waals surface area contributed by atoms with Crippen molar-refractivity contribution in [1.29, 1.82) is 0 Å². The van der Waals surface area contributed by atoms with Crippen LogP contribution < -0.4 is 10.1 Å². The lowest BCUT2D eigenvalue weighted by molar-refractivity contribution is -0.149. The van der Waals surface area contributed by atoms with E-state index in [0.717, 1.165) is 16.0 Å². The Morgan fingerprint density at radius 3 is 2.42 bits per heavy atom. The summed E-state index contributed by atoms with van der Waals surface area (Å²) in [5.74, 6) is -0.435. The molecule has 0 unspecified atom stereocenters. The van der Waals surface area contributed by atoms with Crippen molar-refractivity contribution >= 4 is 40.9 Å². The van der Waals surface area contributed by atoms with E-state index in [1.165, 1.54) is 11.8 Å². The minimum Gasteiger partial charge on any atom is -0.481 e. The fourth-order valence-corrected chi connectivity index (χ4v) is 3.26. The number of carbonyl (C=O) groups is 2. The molecule has 0 bridgehead atoms. The monoisotopic (exact) mass is 393 g/mol. The van der Waals surface area contributed by atoms with Crippen molar-refractivity contribution in [2.24, 2.45) is 0 Å². The standard InChI is InChI=1S/C19H20ClNO4S/c1-12-8-14(20)9-13(2)19(12)25-11-18(23)24-10-17(22)21-15-6-4-5-7-16(15)26-3/h4-9H,10-11H2,1-3H3,(H,21,22). The first-order valence-corrected chi connectivity index (χ1v) is 9.49. The second kappa shape index (κ2) is 9.50. The van der Waals surface area contributed by atoms with E-state index < -0.39 is 11.9 Å². The Hall–Kier alpha value is -2.18. The van der Waals surface area contributed by atoms with Gasteiger partial charge in [-0.05, 0) is 55.5 Å². The molecule has 0 heterocycles. The van der Waals surface area contributed by atoms with Crippen LogP contribution in [-0.2, 0) is 14.3 Å². The Kier molecular flexibility index (Phi) is 7.36. The average molecular weight is 394 g/mol. The molecule has 138 valence electrons. The number of hydrogen-bond donors (Lipinski definition) is 1. The Balaban J connectivity index is 1.82. The molecule has 0 spiro atoms. The molecule has 26 heavy (non-hydrogen) atoms. The van der Waals surface area contributed by atoms with E-state index in [1.807, 2.05) is 38.3 Å². The number of benzene rings is 2. The summed E-state index contributed by atoms with van der Waals surface area (Å²) in [6.07, 6.45) is 1.92. The fourth-order valence-electron chi connectivity index (χ4n) is 2.38. The zero-order chi connectivity index (χ0) is 19.1. The summed E-state index contributed by atoms with van der Waals surface area (Å²) in [7, 11) is 0. The third-order valence-electron chi connectivity index (χ3n) is 3.50. The van der Waals surface area contributed by atoms with Crippen molar-refractivity contribution in [1.82, 2.24) is 0 Å². The van der Waals surface area contributed by atoms with E-state index >= 15 is 0 Å². The molecule has 0 aliphatic heterocycles. The number of amides is 1. The Morgan fingerprint density at radius 2 is 1.77 bits per heavy atom. The topological polar surface area (TPSA) is 64.6 Å². The second-order valence-electron chi connectivity index (χ2n) is 5.57. The van der Waals surface area contributed by atoms with Gasteiger partial charge in [0.15, 0.2) is 13.2 Å². The maximum Gasteiger partial charge on any atom is 0.344 e. The van der Waals surface area contributed by atoms with E-state index in [0.29, 0.717) is 16.5 Å².